The molecule has 0 heterocycles. The average Bonchev–Trinajstić information content (AvgIpc) is 3.10. The van der Waals surface area contributed by atoms with Crippen molar-refractivity contribution in [3.8, 4) is 0 Å². The van der Waals surface area contributed by atoms with E-state index in [2.05, 4.69) is 27.7 Å². The van der Waals surface area contributed by atoms with Crippen molar-refractivity contribution in [2.24, 2.45) is 81.8 Å². The second kappa shape index (κ2) is 19.5. The highest BCUT2D eigenvalue weighted by Gasteiger charge is 2.53. The molecule has 0 aromatic heterocycles. The number of hydrogen-bond acceptors (Lipinski definition) is 9. The average molecular weight is 727 g/mol. The maximum absolute atomic E-state index is 11.4. The molecule has 0 bridgehead atoms. The number of ether oxygens (including phenoxy) is 6. The zero-order valence-electron chi connectivity index (χ0n) is 34.1. The topological polar surface area (TPSA) is 116 Å². The van der Waals surface area contributed by atoms with Crippen LogP contribution in [0.15, 0.2) is 0 Å². The van der Waals surface area contributed by atoms with Crippen molar-refractivity contribution in [1.82, 2.24) is 0 Å². The second-order valence-electron chi connectivity index (χ2n) is 18.8. The minimum atomic E-state index is -0.409. The lowest BCUT2D eigenvalue weighted by Crippen LogP contribution is -2.51. The molecular formula is C42H78O9. The third kappa shape index (κ3) is 10.1. The second-order valence-corrected chi connectivity index (χ2v) is 18.8. The molecule has 8 unspecified atom stereocenters. The molecule has 4 rings (SSSR count). The standard InChI is InChI=1S/C42H78O9/c1-41(2,34-15-30(22-48-7)39(44)31(16-34)23-49-8)36-13-27(26-11-28(20-46-5)38(43)29(12-26)21-47-6)14-37(19-36)42(3,4)35-17-32(24-50-9)40(45)33(18-35)25-51-10/h26-40,43-45H,11-25H2,1-10H3. The highest BCUT2D eigenvalue weighted by atomic mass is 16.5. The molecule has 0 saturated heterocycles. The summed E-state index contributed by atoms with van der Waals surface area (Å²) in [4.78, 5) is 0. The van der Waals surface area contributed by atoms with Crippen molar-refractivity contribution in [3.63, 3.8) is 0 Å². The summed E-state index contributed by atoms with van der Waals surface area (Å²) in [6.45, 7) is 13.5. The Kier molecular flexibility index (Phi) is 16.6. The van der Waals surface area contributed by atoms with Gasteiger partial charge in [-0.15, -0.1) is 0 Å². The predicted octanol–water partition coefficient (Wildman–Crippen LogP) is 5.96. The largest absolute Gasteiger partial charge is 0.392 e. The summed E-state index contributed by atoms with van der Waals surface area (Å²) in [5.74, 6) is 3.61. The predicted molar refractivity (Wildman–Crippen MR) is 200 cm³/mol. The van der Waals surface area contributed by atoms with Gasteiger partial charge in [0.2, 0.25) is 0 Å². The first-order valence-corrected chi connectivity index (χ1v) is 20.2. The molecular weight excluding hydrogens is 648 g/mol. The summed E-state index contributed by atoms with van der Waals surface area (Å²) in [5, 5.41) is 34.1. The first kappa shape index (κ1) is 43.4. The Hall–Kier alpha value is -0.360. The van der Waals surface area contributed by atoms with E-state index in [4.69, 9.17) is 28.4 Å². The number of aliphatic hydroxyl groups is 3. The highest BCUT2D eigenvalue weighted by molar-refractivity contribution is 5.03. The molecule has 0 amide bonds. The van der Waals surface area contributed by atoms with Gasteiger partial charge in [0.05, 0.1) is 58.0 Å². The zero-order chi connectivity index (χ0) is 37.5. The normalized spacial score (nSPS) is 41.5. The number of methoxy groups -OCH3 is 6. The highest BCUT2D eigenvalue weighted by Crippen LogP contribution is 2.59. The van der Waals surface area contributed by atoms with Crippen molar-refractivity contribution in [3.05, 3.63) is 0 Å². The lowest BCUT2D eigenvalue weighted by Gasteiger charge is -2.56. The van der Waals surface area contributed by atoms with Gasteiger partial charge in [0, 0.05) is 78.2 Å². The maximum atomic E-state index is 11.4. The monoisotopic (exact) mass is 727 g/mol. The van der Waals surface area contributed by atoms with Crippen molar-refractivity contribution < 1.29 is 43.7 Å². The molecule has 4 aliphatic carbocycles. The molecule has 300 valence electrons. The van der Waals surface area contributed by atoms with Crippen LogP contribution in [0.1, 0.15) is 85.5 Å². The van der Waals surface area contributed by atoms with Gasteiger partial charge in [0.1, 0.15) is 0 Å². The van der Waals surface area contributed by atoms with Crippen LogP contribution >= 0.6 is 0 Å². The van der Waals surface area contributed by atoms with Gasteiger partial charge >= 0.3 is 0 Å². The molecule has 4 aliphatic rings. The molecule has 0 aromatic carbocycles. The van der Waals surface area contributed by atoms with Crippen LogP contribution in [0.5, 0.6) is 0 Å². The molecule has 0 radical (unpaired) electrons. The van der Waals surface area contributed by atoms with Crippen molar-refractivity contribution in [2.75, 3.05) is 82.3 Å². The van der Waals surface area contributed by atoms with Crippen LogP contribution in [0.25, 0.3) is 0 Å². The molecule has 9 nitrogen and oxygen atoms in total. The Balaban J connectivity index is 1.69. The van der Waals surface area contributed by atoms with Gasteiger partial charge < -0.3 is 43.7 Å². The summed E-state index contributed by atoms with van der Waals surface area (Å²) >= 11 is 0. The Labute approximate surface area is 311 Å². The van der Waals surface area contributed by atoms with Crippen LogP contribution in [0.3, 0.4) is 0 Å². The smallest absolute Gasteiger partial charge is 0.0640 e. The third-order valence-electron chi connectivity index (χ3n) is 15.4. The molecule has 4 fully saturated rings. The summed E-state index contributed by atoms with van der Waals surface area (Å²) < 4.78 is 34.0. The fraction of sp³-hybridized carbons (Fsp3) is 1.00. The maximum Gasteiger partial charge on any atom is 0.0640 e. The van der Waals surface area contributed by atoms with Crippen molar-refractivity contribution >= 4 is 0 Å². The summed E-state index contributed by atoms with van der Waals surface area (Å²) in [7, 11) is 10.5. The van der Waals surface area contributed by atoms with E-state index in [0.717, 1.165) is 38.5 Å². The van der Waals surface area contributed by atoms with Crippen LogP contribution in [0, 0.1) is 81.8 Å². The van der Waals surface area contributed by atoms with E-state index >= 15 is 0 Å². The fourth-order valence-corrected chi connectivity index (χ4v) is 12.0. The van der Waals surface area contributed by atoms with E-state index in [-0.39, 0.29) is 46.3 Å². The lowest BCUT2D eigenvalue weighted by molar-refractivity contribution is -0.116. The molecule has 0 aromatic rings. The Morgan fingerprint density at radius 3 is 0.824 bits per heavy atom. The Morgan fingerprint density at radius 1 is 0.353 bits per heavy atom. The van der Waals surface area contributed by atoms with Crippen LogP contribution in [-0.2, 0) is 28.4 Å². The SMILES string of the molecule is COCC1CC(C2CC(C(C)(C)C3CC(COC)C(O)C(COC)C3)CC(C(C)(C)C3CC(COC)C(O)C(COC)C3)C2)CC(COC)C1O. The van der Waals surface area contributed by atoms with E-state index in [1.54, 1.807) is 42.7 Å². The molecule has 51 heavy (non-hydrogen) atoms. The van der Waals surface area contributed by atoms with Gasteiger partial charge in [0.15, 0.2) is 0 Å². The van der Waals surface area contributed by atoms with Gasteiger partial charge in [0.25, 0.3) is 0 Å². The fourth-order valence-electron chi connectivity index (χ4n) is 12.0. The van der Waals surface area contributed by atoms with Crippen LogP contribution in [-0.4, -0.2) is 116 Å². The summed E-state index contributed by atoms with van der Waals surface area (Å²) in [6.07, 6.45) is 8.18. The van der Waals surface area contributed by atoms with E-state index < -0.39 is 18.3 Å². The molecule has 4 saturated carbocycles. The van der Waals surface area contributed by atoms with Crippen LogP contribution in [0.2, 0.25) is 0 Å². The van der Waals surface area contributed by atoms with Gasteiger partial charge in [-0.05, 0) is 104 Å². The van der Waals surface area contributed by atoms with Gasteiger partial charge in [-0.3, -0.25) is 0 Å². The van der Waals surface area contributed by atoms with Gasteiger partial charge in [-0.1, -0.05) is 27.7 Å². The van der Waals surface area contributed by atoms with Gasteiger partial charge in [-0.2, -0.15) is 0 Å². The molecule has 0 aliphatic heterocycles. The van der Waals surface area contributed by atoms with E-state index in [9.17, 15) is 15.3 Å². The van der Waals surface area contributed by atoms with Gasteiger partial charge in [-0.25, -0.2) is 0 Å². The van der Waals surface area contributed by atoms with E-state index in [1.165, 1.54) is 19.3 Å². The van der Waals surface area contributed by atoms with E-state index in [0.29, 0.717) is 75.1 Å². The Bertz CT molecular complexity index is 901. The molecule has 0 spiro atoms. The third-order valence-corrected chi connectivity index (χ3v) is 15.4. The van der Waals surface area contributed by atoms with Crippen molar-refractivity contribution in [2.45, 2.75) is 104 Å². The first-order chi connectivity index (χ1) is 24.3. The van der Waals surface area contributed by atoms with E-state index in [1.807, 2.05) is 0 Å². The molecule has 3 N–H and O–H groups in total. The quantitative estimate of drug-likeness (QED) is 0.167. The first-order valence-electron chi connectivity index (χ1n) is 20.2. The minimum Gasteiger partial charge on any atom is -0.392 e. The minimum absolute atomic E-state index is 0.0527. The number of rotatable bonds is 17. The van der Waals surface area contributed by atoms with Crippen molar-refractivity contribution in [1.29, 1.82) is 0 Å². The van der Waals surface area contributed by atoms with Crippen LogP contribution in [0.4, 0.5) is 0 Å². The Morgan fingerprint density at radius 2 is 0.569 bits per heavy atom. The molecule has 9 heteroatoms. The zero-order valence-corrected chi connectivity index (χ0v) is 34.1. The summed E-state index contributed by atoms with van der Waals surface area (Å²) in [5.41, 5.74) is 0.105. The lowest BCUT2D eigenvalue weighted by atomic mass is 9.49. The molecule has 8 atom stereocenters. The van der Waals surface area contributed by atoms with Crippen LogP contribution < -0.4 is 0 Å². The number of aliphatic hydroxyl groups excluding tert-OH is 3. The number of hydrogen-bond donors (Lipinski definition) is 3. The summed E-state index contributed by atoms with van der Waals surface area (Å²) in [6, 6.07) is 0.